The van der Waals surface area contributed by atoms with Gasteiger partial charge in [0.25, 0.3) is 5.91 Å². The van der Waals surface area contributed by atoms with Crippen molar-refractivity contribution in [2.45, 2.75) is 37.4 Å². The number of hydrogen-bond acceptors (Lipinski definition) is 4. The molecule has 2 bridgehead atoms. The normalized spacial score (nSPS) is 27.9. The van der Waals surface area contributed by atoms with Gasteiger partial charge in [-0.05, 0) is 42.8 Å². The maximum absolute atomic E-state index is 12.3. The summed E-state index contributed by atoms with van der Waals surface area (Å²) in [5.41, 5.74) is 0. The fourth-order valence-corrected chi connectivity index (χ4v) is 4.98. The van der Waals surface area contributed by atoms with Gasteiger partial charge in [0, 0.05) is 27.9 Å². The molecular formula is C15H16N2OS2. The Morgan fingerprint density at radius 1 is 1.25 bits per heavy atom. The molecule has 0 radical (unpaired) electrons. The zero-order chi connectivity index (χ0) is 13.5. The van der Waals surface area contributed by atoms with E-state index < -0.39 is 0 Å². The third kappa shape index (κ3) is 2.20. The second-order valence-electron chi connectivity index (χ2n) is 5.50. The SMILES string of the molecule is O=C(N[C@@H]1C[C@H]2CC[C@@H]1N2)c1ccc(-c2cccs2)s1. The first-order valence-corrected chi connectivity index (χ1v) is 8.70. The molecule has 2 N–H and O–H groups in total. The largest absolute Gasteiger partial charge is 0.347 e. The van der Waals surface area contributed by atoms with E-state index >= 15 is 0 Å². The van der Waals surface area contributed by atoms with Crippen LogP contribution in [0.5, 0.6) is 0 Å². The van der Waals surface area contributed by atoms with Crippen LogP contribution < -0.4 is 10.6 Å². The van der Waals surface area contributed by atoms with Gasteiger partial charge in [0.2, 0.25) is 0 Å². The fourth-order valence-electron chi connectivity index (χ4n) is 3.23. The number of hydrogen-bond donors (Lipinski definition) is 2. The molecule has 5 heteroatoms. The second kappa shape index (κ2) is 4.98. The van der Waals surface area contributed by atoms with Crippen LogP contribution in [0.2, 0.25) is 0 Å². The van der Waals surface area contributed by atoms with Crippen molar-refractivity contribution in [1.82, 2.24) is 10.6 Å². The van der Waals surface area contributed by atoms with Crippen LogP contribution in [-0.2, 0) is 0 Å². The highest BCUT2D eigenvalue weighted by Crippen LogP contribution is 2.32. The summed E-state index contributed by atoms with van der Waals surface area (Å²) in [7, 11) is 0. The summed E-state index contributed by atoms with van der Waals surface area (Å²) < 4.78 is 0. The van der Waals surface area contributed by atoms with Crippen LogP contribution in [-0.4, -0.2) is 24.0 Å². The predicted octanol–water partition coefficient (Wildman–Crippen LogP) is 3.10. The number of amides is 1. The van der Waals surface area contributed by atoms with Crippen molar-refractivity contribution in [1.29, 1.82) is 0 Å². The minimum absolute atomic E-state index is 0.0807. The van der Waals surface area contributed by atoms with E-state index in [1.165, 1.54) is 22.6 Å². The van der Waals surface area contributed by atoms with Crippen LogP contribution in [0.4, 0.5) is 0 Å². The van der Waals surface area contributed by atoms with E-state index in [9.17, 15) is 4.79 Å². The van der Waals surface area contributed by atoms with Crippen LogP contribution in [0.15, 0.2) is 29.6 Å². The van der Waals surface area contributed by atoms with Crippen molar-refractivity contribution in [3.8, 4) is 9.75 Å². The quantitative estimate of drug-likeness (QED) is 0.915. The summed E-state index contributed by atoms with van der Waals surface area (Å²) in [6.07, 6.45) is 3.54. The molecule has 1 amide bonds. The van der Waals surface area contributed by atoms with Gasteiger partial charge in [-0.3, -0.25) is 4.79 Å². The minimum Gasteiger partial charge on any atom is -0.347 e. The number of nitrogens with one attached hydrogen (secondary N) is 2. The van der Waals surface area contributed by atoms with Gasteiger partial charge in [-0.25, -0.2) is 0 Å². The highest BCUT2D eigenvalue weighted by Gasteiger charge is 2.39. The number of carbonyl (C=O) groups excluding carboxylic acids is 1. The van der Waals surface area contributed by atoms with Crippen LogP contribution in [0.3, 0.4) is 0 Å². The molecule has 4 rings (SSSR count). The molecule has 104 valence electrons. The van der Waals surface area contributed by atoms with Crippen molar-refractivity contribution in [2.75, 3.05) is 0 Å². The van der Waals surface area contributed by atoms with E-state index in [0.717, 1.165) is 11.3 Å². The lowest BCUT2D eigenvalue weighted by atomic mass is 9.95. The molecule has 3 nitrogen and oxygen atoms in total. The van der Waals surface area contributed by atoms with E-state index in [1.54, 1.807) is 22.7 Å². The molecule has 2 aliphatic heterocycles. The summed E-state index contributed by atoms with van der Waals surface area (Å²) >= 11 is 3.29. The van der Waals surface area contributed by atoms with E-state index in [-0.39, 0.29) is 5.91 Å². The Bertz CT molecular complexity index is 620. The van der Waals surface area contributed by atoms with Crippen LogP contribution >= 0.6 is 22.7 Å². The highest BCUT2D eigenvalue weighted by atomic mass is 32.1. The molecule has 4 heterocycles. The molecule has 0 spiro atoms. The molecular weight excluding hydrogens is 288 g/mol. The molecule has 2 aromatic rings. The lowest BCUT2D eigenvalue weighted by Crippen LogP contribution is -2.42. The van der Waals surface area contributed by atoms with Gasteiger partial charge >= 0.3 is 0 Å². The van der Waals surface area contributed by atoms with E-state index in [0.29, 0.717) is 18.1 Å². The summed E-state index contributed by atoms with van der Waals surface area (Å²) in [4.78, 5) is 15.6. The van der Waals surface area contributed by atoms with Crippen molar-refractivity contribution in [3.05, 3.63) is 34.5 Å². The van der Waals surface area contributed by atoms with Crippen molar-refractivity contribution in [3.63, 3.8) is 0 Å². The molecule has 0 saturated carbocycles. The molecule has 2 aliphatic rings. The highest BCUT2D eigenvalue weighted by molar-refractivity contribution is 7.22. The number of fused-ring (bicyclic) bond motifs is 2. The Balaban J connectivity index is 1.46. The average Bonchev–Trinajstić information content (AvgIpc) is 3.21. The van der Waals surface area contributed by atoms with Crippen molar-refractivity contribution >= 4 is 28.6 Å². The number of thiophene rings is 2. The number of carbonyl (C=O) groups is 1. The summed E-state index contributed by atoms with van der Waals surface area (Å²) in [6.45, 7) is 0. The molecule has 3 atom stereocenters. The number of rotatable bonds is 3. The first kappa shape index (κ1) is 12.6. The zero-order valence-electron chi connectivity index (χ0n) is 11.0. The standard InChI is InChI=1S/C15H16N2OS2/c18-15(17-11-8-9-3-4-10(11)16-9)14-6-5-13(20-14)12-2-1-7-19-12/h1-2,5-7,9-11,16H,3-4,8H2,(H,17,18)/t9-,10+,11-/m1/s1. The Morgan fingerprint density at radius 2 is 2.20 bits per heavy atom. The van der Waals surface area contributed by atoms with E-state index in [1.807, 2.05) is 18.2 Å². The topological polar surface area (TPSA) is 41.1 Å². The maximum Gasteiger partial charge on any atom is 0.261 e. The van der Waals surface area contributed by atoms with Gasteiger partial charge < -0.3 is 10.6 Å². The smallest absolute Gasteiger partial charge is 0.261 e. The zero-order valence-corrected chi connectivity index (χ0v) is 12.6. The van der Waals surface area contributed by atoms with Crippen molar-refractivity contribution in [2.24, 2.45) is 0 Å². The molecule has 0 unspecified atom stereocenters. The monoisotopic (exact) mass is 304 g/mol. The van der Waals surface area contributed by atoms with Gasteiger partial charge in [0.1, 0.15) is 0 Å². The van der Waals surface area contributed by atoms with Crippen LogP contribution in [0, 0.1) is 0 Å². The Kier molecular flexibility index (Phi) is 3.13. The Morgan fingerprint density at radius 3 is 2.90 bits per heavy atom. The first-order chi connectivity index (χ1) is 9.79. The molecule has 2 aromatic heterocycles. The van der Waals surface area contributed by atoms with Gasteiger partial charge in [-0.1, -0.05) is 6.07 Å². The maximum atomic E-state index is 12.3. The van der Waals surface area contributed by atoms with Gasteiger partial charge in [-0.15, -0.1) is 22.7 Å². The molecule has 0 aromatic carbocycles. The fraction of sp³-hybridized carbons (Fsp3) is 0.400. The lowest BCUT2D eigenvalue weighted by Gasteiger charge is -2.20. The van der Waals surface area contributed by atoms with Gasteiger partial charge in [-0.2, -0.15) is 0 Å². The molecule has 2 saturated heterocycles. The first-order valence-electron chi connectivity index (χ1n) is 7.00. The molecule has 0 aliphatic carbocycles. The van der Waals surface area contributed by atoms with Crippen LogP contribution in [0.25, 0.3) is 9.75 Å². The average molecular weight is 304 g/mol. The third-order valence-corrected chi connectivity index (χ3v) is 6.36. The Labute approximate surface area is 126 Å². The van der Waals surface area contributed by atoms with Crippen LogP contribution in [0.1, 0.15) is 28.9 Å². The summed E-state index contributed by atoms with van der Waals surface area (Å²) in [6, 6.07) is 9.54. The molecule has 20 heavy (non-hydrogen) atoms. The summed E-state index contributed by atoms with van der Waals surface area (Å²) in [5.74, 6) is 0.0807. The minimum atomic E-state index is 0.0807. The van der Waals surface area contributed by atoms with E-state index in [2.05, 4.69) is 22.1 Å². The second-order valence-corrected chi connectivity index (χ2v) is 7.54. The van der Waals surface area contributed by atoms with Crippen molar-refractivity contribution < 1.29 is 4.79 Å². The molecule has 2 fully saturated rings. The van der Waals surface area contributed by atoms with E-state index in [4.69, 9.17) is 0 Å². The predicted molar refractivity (Wildman–Crippen MR) is 83.4 cm³/mol. The third-order valence-electron chi connectivity index (χ3n) is 4.21. The Hall–Kier alpha value is -1.17. The lowest BCUT2D eigenvalue weighted by molar-refractivity contribution is 0.0935. The summed E-state index contributed by atoms with van der Waals surface area (Å²) in [5, 5.41) is 8.82. The van der Waals surface area contributed by atoms with Gasteiger partial charge in [0.15, 0.2) is 0 Å². The van der Waals surface area contributed by atoms with Gasteiger partial charge in [0.05, 0.1) is 4.88 Å².